The first-order valence-corrected chi connectivity index (χ1v) is 11.3. The van der Waals surface area contributed by atoms with Gasteiger partial charge in [-0.3, -0.25) is 4.79 Å². The van der Waals surface area contributed by atoms with Crippen molar-refractivity contribution in [1.29, 1.82) is 0 Å². The highest BCUT2D eigenvalue weighted by Crippen LogP contribution is 2.33. The molecule has 1 N–H and O–H groups in total. The molecule has 1 aliphatic carbocycles. The van der Waals surface area contributed by atoms with E-state index >= 15 is 0 Å². The van der Waals surface area contributed by atoms with Crippen molar-refractivity contribution in [2.24, 2.45) is 5.92 Å². The summed E-state index contributed by atoms with van der Waals surface area (Å²) in [5.74, 6) is 1.19. The van der Waals surface area contributed by atoms with Gasteiger partial charge >= 0.3 is 0 Å². The average molecular weight is 435 g/mol. The lowest BCUT2D eigenvalue weighted by molar-refractivity contribution is -0.113. The third-order valence-corrected chi connectivity index (χ3v) is 6.80. The topological polar surface area (TPSA) is 80.9 Å². The van der Waals surface area contributed by atoms with Crippen molar-refractivity contribution in [2.45, 2.75) is 37.8 Å². The van der Waals surface area contributed by atoms with E-state index in [4.69, 9.17) is 16.0 Å². The summed E-state index contributed by atoms with van der Waals surface area (Å²) in [5, 5.41) is 12.6. The van der Waals surface area contributed by atoms with E-state index in [1.807, 2.05) is 12.1 Å². The molecule has 146 valence electrons. The maximum atomic E-state index is 12.3. The van der Waals surface area contributed by atoms with Crippen LogP contribution >= 0.6 is 34.7 Å². The van der Waals surface area contributed by atoms with Gasteiger partial charge in [-0.05, 0) is 49.4 Å². The standard InChI is InChI=1S/C19H19ClN4O2S2/c1-2-11-3-8-14-15(9-11)28-18(21-14)22-16(25)10-27-19-24-23-17(26-19)12-4-6-13(20)7-5-12/h4-7,11H,2-3,8-10H2,1H3,(H,21,22,25). The molecule has 0 bridgehead atoms. The van der Waals surface area contributed by atoms with Gasteiger partial charge in [0.25, 0.3) is 5.22 Å². The SMILES string of the molecule is CCC1CCc2nc(NC(=O)CSc3nnc(-c4ccc(Cl)cc4)o3)sc2C1. The molecule has 6 nitrogen and oxygen atoms in total. The second kappa shape index (κ2) is 8.63. The molecule has 0 aliphatic heterocycles. The van der Waals surface area contributed by atoms with E-state index in [1.165, 1.54) is 29.5 Å². The van der Waals surface area contributed by atoms with Crippen molar-refractivity contribution in [2.75, 3.05) is 11.1 Å². The van der Waals surface area contributed by atoms with Crippen LogP contribution in [0.25, 0.3) is 11.5 Å². The van der Waals surface area contributed by atoms with Crippen LogP contribution in [0.2, 0.25) is 5.02 Å². The number of anilines is 1. The van der Waals surface area contributed by atoms with Crippen LogP contribution in [0.1, 0.15) is 30.3 Å². The second-order valence-corrected chi connectivity index (χ2v) is 9.07. The third kappa shape index (κ3) is 4.56. The van der Waals surface area contributed by atoms with E-state index in [0.29, 0.717) is 21.3 Å². The smallest absolute Gasteiger partial charge is 0.277 e. The molecule has 0 saturated carbocycles. The Balaban J connectivity index is 1.32. The summed E-state index contributed by atoms with van der Waals surface area (Å²) in [6.07, 6.45) is 4.45. The zero-order valence-corrected chi connectivity index (χ0v) is 17.7. The third-order valence-electron chi connectivity index (χ3n) is 4.69. The minimum absolute atomic E-state index is 0.130. The second-order valence-electron chi connectivity index (χ2n) is 6.62. The van der Waals surface area contributed by atoms with Crippen molar-refractivity contribution >= 4 is 45.7 Å². The number of halogens is 1. The number of nitrogens with zero attached hydrogens (tertiary/aromatic N) is 3. The van der Waals surface area contributed by atoms with Crippen LogP contribution in [0, 0.1) is 5.92 Å². The Kier molecular flexibility index (Phi) is 5.99. The van der Waals surface area contributed by atoms with Crippen LogP contribution in [0.4, 0.5) is 5.13 Å². The van der Waals surface area contributed by atoms with E-state index in [9.17, 15) is 4.79 Å². The van der Waals surface area contributed by atoms with Gasteiger partial charge in [-0.1, -0.05) is 36.7 Å². The number of hydrogen-bond acceptors (Lipinski definition) is 7. The first kappa shape index (κ1) is 19.4. The Hall–Kier alpha value is -1.90. The Morgan fingerprint density at radius 1 is 1.36 bits per heavy atom. The van der Waals surface area contributed by atoms with Crippen molar-refractivity contribution in [3.63, 3.8) is 0 Å². The quantitative estimate of drug-likeness (QED) is 0.544. The summed E-state index contributed by atoms with van der Waals surface area (Å²) < 4.78 is 5.61. The lowest BCUT2D eigenvalue weighted by Gasteiger charge is -2.18. The fourth-order valence-corrected chi connectivity index (χ4v) is 4.93. The number of benzene rings is 1. The van der Waals surface area contributed by atoms with Gasteiger partial charge in [-0.15, -0.1) is 21.5 Å². The van der Waals surface area contributed by atoms with Crippen LogP contribution in [-0.2, 0) is 17.6 Å². The van der Waals surface area contributed by atoms with Crippen molar-refractivity contribution in [1.82, 2.24) is 15.2 Å². The summed E-state index contributed by atoms with van der Waals surface area (Å²) in [6, 6.07) is 7.14. The molecular weight excluding hydrogens is 416 g/mol. The summed E-state index contributed by atoms with van der Waals surface area (Å²) in [5.41, 5.74) is 1.93. The maximum absolute atomic E-state index is 12.3. The van der Waals surface area contributed by atoms with Gasteiger partial charge < -0.3 is 9.73 Å². The van der Waals surface area contributed by atoms with Crippen LogP contribution in [0.3, 0.4) is 0 Å². The molecule has 1 atom stereocenters. The van der Waals surface area contributed by atoms with E-state index in [-0.39, 0.29) is 11.7 Å². The van der Waals surface area contributed by atoms with Crippen molar-refractivity contribution < 1.29 is 9.21 Å². The van der Waals surface area contributed by atoms with Gasteiger partial charge in [0.1, 0.15) is 0 Å². The Bertz CT molecular complexity index is 971. The largest absolute Gasteiger partial charge is 0.411 e. The number of thiazole rings is 1. The monoisotopic (exact) mass is 434 g/mol. The first-order chi connectivity index (χ1) is 13.6. The van der Waals surface area contributed by atoms with Gasteiger partial charge in [0.05, 0.1) is 11.4 Å². The molecule has 1 aromatic carbocycles. The number of aromatic nitrogens is 3. The Labute approximate surface area is 176 Å². The molecule has 0 radical (unpaired) electrons. The van der Waals surface area contributed by atoms with Gasteiger partial charge in [-0.25, -0.2) is 4.98 Å². The summed E-state index contributed by atoms with van der Waals surface area (Å²) in [7, 11) is 0. The molecule has 0 saturated heterocycles. The minimum atomic E-state index is -0.130. The fraction of sp³-hybridized carbons (Fsp3) is 0.368. The van der Waals surface area contributed by atoms with Crippen molar-refractivity contribution in [3.05, 3.63) is 39.9 Å². The molecule has 0 spiro atoms. The zero-order valence-electron chi connectivity index (χ0n) is 15.3. The average Bonchev–Trinajstić information content (AvgIpc) is 3.32. The van der Waals surface area contributed by atoms with Gasteiger partial charge in [-0.2, -0.15) is 0 Å². The molecule has 4 rings (SSSR count). The highest BCUT2D eigenvalue weighted by Gasteiger charge is 2.22. The number of carbonyl (C=O) groups is 1. The molecule has 9 heteroatoms. The Morgan fingerprint density at radius 3 is 2.96 bits per heavy atom. The molecule has 0 fully saturated rings. The zero-order chi connectivity index (χ0) is 19.5. The lowest BCUT2D eigenvalue weighted by Crippen LogP contribution is -2.14. The molecular formula is C19H19ClN4O2S2. The number of thioether (sulfide) groups is 1. The fourth-order valence-electron chi connectivity index (χ4n) is 3.11. The first-order valence-electron chi connectivity index (χ1n) is 9.11. The molecule has 1 unspecified atom stereocenters. The molecule has 3 aromatic rings. The van der Waals surface area contributed by atoms with E-state index in [0.717, 1.165) is 30.0 Å². The van der Waals surface area contributed by atoms with Crippen LogP contribution in [0.15, 0.2) is 33.9 Å². The molecule has 2 heterocycles. The molecule has 1 amide bonds. The maximum Gasteiger partial charge on any atom is 0.277 e. The molecule has 1 aliphatic rings. The van der Waals surface area contributed by atoms with E-state index in [1.54, 1.807) is 23.5 Å². The number of fused-ring (bicyclic) bond motifs is 1. The summed E-state index contributed by atoms with van der Waals surface area (Å²) in [6.45, 7) is 2.23. The van der Waals surface area contributed by atoms with Crippen molar-refractivity contribution in [3.8, 4) is 11.5 Å². The predicted molar refractivity (Wildman–Crippen MR) is 112 cm³/mol. The van der Waals surface area contributed by atoms with Gasteiger partial charge in [0, 0.05) is 15.5 Å². The minimum Gasteiger partial charge on any atom is -0.411 e. The number of nitrogens with one attached hydrogen (secondary N) is 1. The van der Waals surface area contributed by atoms with Crippen LogP contribution in [-0.4, -0.2) is 26.8 Å². The number of rotatable bonds is 6. The lowest BCUT2D eigenvalue weighted by atomic mass is 9.89. The predicted octanol–water partition coefficient (Wildman–Crippen LogP) is 5.09. The number of hydrogen-bond donors (Lipinski definition) is 1. The van der Waals surface area contributed by atoms with Crippen LogP contribution < -0.4 is 5.32 Å². The molecule has 2 aromatic heterocycles. The van der Waals surface area contributed by atoms with Crippen LogP contribution in [0.5, 0.6) is 0 Å². The van der Waals surface area contributed by atoms with E-state index in [2.05, 4.69) is 27.4 Å². The van der Waals surface area contributed by atoms with Gasteiger partial charge in [0.15, 0.2) is 5.13 Å². The van der Waals surface area contributed by atoms with Gasteiger partial charge in [0.2, 0.25) is 11.8 Å². The highest BCUT2D eigenvalue weighted by atomic mass is 35.5. The number of aryl methyl sites for hydroxylation is 1. The normalized spacial score (nSPS) is 16.0. The summed E-state index contributed by atoms with van der Waals surface area (Å²) in [4.78, 5) is 18.2. The summed E-state index contributed by atoms with van der Waals surface area (Å²) >= 11 is 8.68. The van der Waals surface area contributed by atoms with E-state index < -0.39 is 0 Å². The number of amides is 1. The highest BCUT2D eigenvalue weighted by molar-refractivity contribution is 7.99. The Morgan fingerprint density at radius 2 is 2.18 bits per heavy atom. The number of carbonyl (C=O) groups excluding carboxylic acids is 1. The molecule has 28 heavy (non-hydrogen) atoms.